The van der Waals surface area contributed by atoms with Crippen LogP contribution in [0.15, 0.2) is 54.6 Å². The Balaban J connectivity index is 1.90. The Kier molecular flexibility index (Phi) is 4.84. The van der Waals surface area contributed by atoms with Crippen molar-refractivity contribution in [3.05, 3.63) is 77.1 Å². The molecule has 0 bridgehead atoms. The molecule has 0 aliphatic rings. The van der Waals surface area contributed by atoms with Crippen molar-refractivity contribution in [3.8, 4) is 6.07 Å². The Morgan fingerprint density at radius 3 is 2.57 bits per heavy atom. The quantitative estimate of drug-likeness (QED) is 0.637. The molecule has 2 aromatic carbocycles. The topological polar surface area (TPSA) is 50.1 Å². The highest BCUT2D eigenvalue weighted by Crippen LogP contribution is 2.09. The van der Waals surface area contributed by atoms with Crippen molar-refractivity contribution in [2.24, 2.45) is 0 Å². The molecule has 0 spiro atoms. The average molecular weight is 281 g/mol. The van der Waals surface area contributed by atoms with E-state index in [4.69, 9.17) is 10.00 Å². The third kappa shape index (κ3) is 4.29. The lowest BCUT2D eigenvalue weighted by Crippen LogP contribution is -2.00. The van der Waals surface area contributed by atoms with Crippen molar-refractivity contribution < 1.29 is 13.9 Å². The zero-order valence-corrected chi connectivity index (χ0v) is 11.1. The molecule has 3 nitrogen and oxygen atoms in total. The van der Waals surface area contributed by atoms with E-state index in [1.165, 1.54) is 18.2 Å². The number of halogens is 1. The summed E-state index contributed by atoms with van der Waals surface area (Å²) in [6.07, 6.45) is 2.55. The molecule has 21 heavy (non-hydrogen) atoms. The lowest BCUT2D eigenvalue weighted by molar-refractivity contribution is -0.138. The van der Waals surface area contributed by atoms with Gasteiger partial charge in [0.25, 0.3) is 0 Å². The van der Waals surface area contributed by atoms with E-state index in [1.807, 2.05) is 6.07 Å². The Bertz CT molecular complexity index is 699. The first-order chi connectivity index (χ1) is 10.2. The predicted molar refractivity (Wildman–Crippen MR) is 76.4 cm³/mol. The minimum absolute atomic E-state index is 0.103. The van der Waals surface area contributed by atoms with E-state index < -0.39 is 11.8 Å². The Labute approximate surface area is 121 Å². The molecule has 4 heteroatoms. The number of hydrogen-bond donors (Lipinski definition) is 0. The van der Waals surface area contributed by atoms with Crippen LogP contribution in [0.4, 0.5) is 4.39 Å². The molecule has 0 fully saturated rings. The number of rotatable bonds is 4. The minimum atomic E-state index is -0.553. The van der Waals surface area contributed by atoms with Gasteiger partial charge in [-0.3, -0.25) is 0 Å². The summed E-state index contributed by atoms with van der Waals surface area (Å²) < 4.78 is 18.4. The van der Waals surface area contributed by atoms with Gasteiger partial charge in [0.15, 0.2) is 0 Å². The molecule has 0 atom stereocenters. The Morgan fingerprint density at radius 1 is 1.19 bits per heavy atom. The first kappa shape index (κ1) is 14.5. The molecule has 0 N–H and O–H groups in total. The first-order valence-corrected chi connectivity index (χ1v) is 6.27. The van der Waals surface area contributed by atoms with E-state index in [1.54, 1.807) is 42.5 Å². The lowest BCUT2D eigenvalue weighted by Gasteiger charge is -2.02. The van der Waals surface area contributed by atoms with E-state index >= 15 is 0 Å². The van der Waals surface area contributed by atoms with Crippen LogP contribution >= 0.6 is 0 Å². The van der Waals surface area contributed by atoms with Crippen LogP contribution in [0.1, 0.15) is 16.7 Å². The molecule has 0 aliphatic carbocycles. The van der Waals surface area contributed by atoms with Gasteiger partial charge in [0.2, 0.25) is 0 Å². The summed E-state index contributed by atoms with van der Waals surface area (Å²) in [6, 6.07) is 14.9. The van der Waals surface area contributed by atoms with Gasteiger partial charge in [-0.15, -0.1) is 0 Å². The van der Waals surface area contributed by atoms with Gasteiger partial charge in [0, 0.05) is 11.6 Å². The van der Waals surface area contributed by atoms with Crippen LogP contribution in [0.3, 0.4) is 0 Å². The second kappa shape index (κ2) is 7.01. The van der Waals surface area contributed by atoms with Crippen molar-refractivity contribution >= 4 is 12.0 Å². The largest absolute Gasteiger partial charge is 0.458 e. The van der Waals surface area contributed by atoms with Crippen LogP contribution < -0.4 is 0 Å². The number of nitriles is 1. The highest BCUT2D eigenvalue weighted by atomic mass is 19.1. The summed E-state index contributed by atoms with van der Waals surface area (Å²) in [5, 5.41) is 8.67. The molecule has 0 radical (unpaired) electrons. The second-order valence-electron chi connectivity index (χ2n) is 4.27. The van der Waals surface area contributed by atoms with Gasteiger partial charge in [0.05, 0.1) is 11.6 Å². The molecule has 0 unspecified atom stereocenters. The maximum Gasteiger partial charge on any atom is 0.331 e. The molecule has 0 saturated heterocycles. The van der Waals surface area contributed by atoms with E-state index in [-0.39, 0.29) is 6.61 Å². The fraction of sp³-hybridized carbons (Fsp3) is 0.0588. The van der Waals surface area contributed by atoms with Crippen LogP contribution in [0.5, 0.6) is 0 Å². The molecule has 0 aliphatic heterocycles. The monoisotopic (exact) mass is 281 g/mol. The van der Waals surface area contributed by atoms with Gasteiger partial charge in [0.1, 0.15) is 12.4 Å². The van der Waals surface area contributed by atoms with Crippen LogP contribution in [0, 0.1) is 17.1 Å². The molecule has 0 amide bonds. The van der Waals surface area contributed by atoms with Crippen LogP contribution in [-0.4, -0.2) is 5.97 Å². The molecular weight excluding hydrogens is 269 g/mol. The smallest absolute Gasteiger partial charge is 0.331 e. The summed E-state index contributed by atoms with van der Waals surface area (Å²) in [4.78, 5) is 11.5. The molecule has 0 heterocycles. The molecule has 2 rings (SSSR count). The van der Waals surface area contributed by atoms with Crippen molar-refractivity contribution in [2.45, 2.75) is 6.61 Å². The number of carbonyl (C=O) groups is 1. The summed E-state index contributed by atoms with van der Waals surface area (Å²) in [5.74, 6) is -0.948. The average Bonchev–Trinajstić information content (AvgIpc) is 2.52. The highest BCUT2D eigenvalue weighted by molar-refractivity contribution is 5.87. The zero-order chi connectivity index (χ0) is 15.1. The van der Waals surface area contributed by atoms with Crippen molar-refractivity contribution in [2.75, 3.05) is 0 Å². The molecule has 0 aromatic heterocycles. The van der Waals surface area contributed by atoms with Gasteiger partial charge in [-0.25, -0.2) is 9.18 Å². The second-order valence-corrected chi connectivity index (χ2v) is 4.27. The predicted octanol–water partition coefficient (Wildman–Crippen LogP) is 3.45. The fourth-order valence-corrected chi connectivity index (χ4v) is 1.65. The molecular formula is C17H12FNO2. The van der Waals surface area contributed by atoms with E-state index in [2.05, 4.69) is 0 Å². The lowest BCUT2D eigenvalue weighted by atomic mass is 10.2. The standard InChI is InChI=1S/C17H12FNO2/c18-16-4-2-1-3-15(16)9-10-17(20)21-12-14-7-5-13(11-19)6-8-14/h1-10H,12H2/b10-9+. The van der Waals surface area contributed by atoms with Crippen molar-refractivity contribution in [1.82, 2.24) is 0 Å². The maximum absolute atomic E-state index is 13.3. The number of esters is 1. The van der Waals surface area contributed by atoms with Gasteiger partial charge < -0.3 is 4.74 Å². The normalized spacial score (nSPS) is 10.3. The van der Waals surface area contributed by atoms with Gasteiger partial charge in [-0.2, -0.15) is 5.26 Å². The highest BCUT2D eigenvalue weighted by Gasteiger charge is 2.01. The van der Waals surface area contributed by atoms with Crippen molar-refractivity contribution in [3.63, 3.8) is 0 Å². The van der Waals surface area contributed by atoms with E-state index in [0.717, 1.165) is 5.56 Å². The summed E-state index contributed by atoms with van der Waals surface area (Å²) in [7, 11) is 0. The molecule has 2 aromatic rings. The number of ether oxygens (including phenoxy) is 1. The summed E-state index contributed by atoms with van der Waals surface area (Å²) in [5.41, 5.74) is 1.65. The third-order valence-electron chi connectivity index (χ3n) is 2.77. The number of benzene rings is 2. The van der Waals surface area contributed by atoms with Gasteiger partial charge >= 0.3 is 5.97 Å². The van der Waals surface area contributed by atoms with Crippen LogP contribution in [-0.2, 0) is 16.1 Å². The first-order valence-electron chi connectivity index (χ1n) is 6.27. The van der Waals surface area contributed by atoms with Crippen molar-refractivity contribution in [1.29, 1.82) is 5.26 Å². The molecule has 104 valence electrons. The van der Waals surface area contributed by atoms with Gasteiger partial charge in [-0.05, 0) is 29.8 Å². The van der Waals surface area contributed by atoms with E-state index in [0.29, 0.717) is 11.1 Å². The molecule has 0 saturated carbocycles. The Hall–Kier alpha value is -2.93. The van der Waals surface area contributed by atoms with E-state index in [9.17, 15) is 9.18 Å². The van der Waals surface area contributed by atoms with Crippen LogP contribution in [0.2, 0.25) is 0 Å². The maximum atomic E-state index is 13.3. The zero-order valence-electron chi connectivity index (χ0n) is 11.1. The number of carbonyl (C=O) groups excluding carboxylic acids is 1. The third-order valence-corrected chi connectivity index (χ3v) is 2.77. The Morgan fingerprint density at radius 2 is 1.90 bits per heavy atom. The number of hydrogen-bond acceptors (Lipinski definition) is 3. The summed E-state index contributed by atoms with van der Waals surface area (Å²) in [6.45, 7) is 0.103. The van der Waals surface area contributed by atoms with Gasteiger partial charge in [-0.1, -0.05) is 30.3 Å². The van der Waals surface area contributed by atoms with Crippen LogP contribution in [0.25, 0.3) is 6.08 Å². The SMILES string of the molecule is N#Cc1ccc(COC(=O)/C=C/c2ccccc2F)cc1. The number of nitrogens with zero attached hydrogens (tertiary/aromatic N) is 1. The fourth-order valence-electron chi connectivity index (χ4n) is 1.65. The summed E-state index contributed by atoms with van der Waals surface area (Å²) >= 11 is 0. The minimum Gasteiger partial charge on any atom is -0.458 e.